The number of imide groups is 2. The van der Waals surface area contributed by atoms with Crippen LogP contribution in [0.25, 0.3) is 16.6 Å². The third-order valence-electron chi connectivity index (χ3n) is 5.79. The van der Waals surface area contributed by atoms with Gasteiger partial charge in [-0.3, -0.25) is 20.2 Å². The number of urea groups is 1. The number of aromatic nitrogens is 2. The SMILES string of the molecule is COCCC1(Oc2ccc(Oc3ccc4c(cnn4-c4cccc(F)c4)c3)cc2)C(=O)NC(=O)NC1=O. The van der Waals surface area contributed by atoms with Crippen molar-refractivity contribution in [2.75, 3.05) is 13.7 Å². The van der Waals surface area contributed by atoms with E-state index in [4.69, 9.17) is 14.2 Å². The van der Waals surface area contributed by atoms with Crippen LogP contribution in [0, 0.1) is 5.82 Å². The van der Waals surface area contributed by atoms with Gasteiger partial charge in [0.25, 0.3) is 17.4 Å². The molecule has 0 aliphatic carbocycles. The van der Waals surface area contributed by atoms with Crippen molar-refractivity contribution < 1.29 is 33.0 Å². The lowest BCUT2D eigenvalue weighted by Gasteiger charge is -2.34. The number of nitrogens with zero attached hydrogens (tertiary/aromatic N) is 2. The standard InChI is InChI=1S/C26H21FN4O6/c1-35-12-11-26(23(32)29-25(34)30-24(26)33)37-20-7-5-19(6-8-20)36-21-9-10-22-16(13-21)15-28-31(22)18-4-2-3-17(27)14-18/h2-10,13-15H,11-12H2,1H3,(H2,29,30,32,33,34). The highest BCUT2D eigenvalue weighted by atomic mass is 19.1. The second-order valence-corrected chi connectivity index (χ2v) is 8.24. The van der Waals surface area contributed by atoms with Crippen LogP contribution in [0.5, 0.6) is 17.2 Å². The van der Waals surface area contributed by atoms with Gasteiger partial charge in [0.2, 0.25) is 0 Å². The molecule has 10 nitrogen and oxygen atoms in total. The van der Waals surface area contributed by atoms with Gasteiger partial charge in [-0.25, -0.2) is 13.9 Å². The Labute approximate surface area is 209 Å². The fourth-order valence-corrected chi connectivity index (χ4v) is 3.96. The normalized spacial score (nSPS) is 14.8. The summed E-state index contributed by atoms with van der Waals surface area (Å²) in [7, 11) is 1.42. The monoisotopic (exact) mass is 504 g/mol. The van der Waals surface area contributed by atoms with Gasteiger partial charge in [0, 0.05) is 18.9 Å². The summed E-state index contributed by atoms with van der Waals surface area (Å²) in [6.07, 6.45) is 1.56. The lowest BCUT2D eigenvalue weighted by Crippen LogP contribution is -2.69. The van der Waals surface area contributed by atoms with E-state index in [-0.39, 0.29) is 24.6 Å². The van der Waals surface area contributed by atoms with E-state index in [2.05, 4.69) is 15.7 Å². The molecule has 1 aliphatic rings. The van der Waals surface area contributed by atoms with Crippen LogP contribution >= 0.6 is 0 Å². The van der Waals surface area contributed by atoms with E-state index in [9.17, 15) is 18.8 Å². The number of hydrogen-bond donors (Lipinski definition) is 2. The highest BCUT2D eigenvalue weighted by Crippen LogP contribution is 2.30. The molecular formula is C26H21FN4O6. The molecule has 2 N–H and O–H groups in total. The summed E-state index contributed by atoms with van der Waals surface area (Å²) in [4.78, 5) is 36.6. The summed E-state index contributed by atoms with van der Waals surface area (Å²) in [5, 5.41) is 9.27. The maximum Gasteiger partial charge on any atom is 0.328 e. The van der Waals surface area contributed by atoms with Crippen LogP contribution in [0.2, 0.25) is 0 Å². The summed E-state index contributed by atoms with van der Waals surface area (Å²) < 4.78 is 32.0. The molecule has 1 saturated heterocycles. The molecule has 0 bridgehead atoms. The van der Waals surface area contributed by atoms with Crippen molar-refractivity contribution in [2.45, 2.75) is 12.0 Å². The van der Waals surface area contributed by atoms with Gasteiger partial charge in [0.15, 0.2) is 0 Å². The Bertz CT molecular complexity index is 1480. The predicted molar refractivity (Wildman–Crippen MR) is 129 cm³/mol. The van der Waals surface area contributed by atoms with Gasteiger partial charge >= 0.3 is 6.03 Å². The summed E-state index contributed by atoms with van der Waals surface area (Å²) in [6.45, 7) is 0.0501. The van der Waals surface area contributed by atoms with Crippen LogP contribution in [0.15, 0.2) is 72.9 Å². The molecule has 1 aromatic heterocycles. The first-order chi connectivity index (χ1) is 17.9. The van der Waals surface area contributed by atoms with Gasteiger partial charge in [-0.2, -0.15) is 5.10 Å². The van der Waals surface area contributed by atoms with E-state index in [1.807, 2.05) is 6.07 Å². The van der Waals surface area contributed by atoms with Crippen LogP contribution < -0.4 is 20.1 Å². The first kappa shape index (κ1) is 23.9. The van der Waals surface area contributed by atoms with Crippen LogP contribution in [-0.2, 0) is 14.3 Å². The van der Waals surface area contributed by atoms with Crippen molar-refractivity contribution in [1.29, 1.82) is 0 Å². The van der Waals surface area contributed by atoms with Gasteiger partial charge in [0.1, 0.15) is 23.1 Å². The quantitative estimate of drug-likeness (QED) is 0.353. The fourth-order valence-electron chi connectivity index (χ4n) is 3.96. The van der Waals surface area contributed by atoms with Gasteiger partial charge < -0.3 is 14.2 Å². The van der Waals surface area contributed by atoms with Crippen molar-refractivity contribution in [1.82, 2.24) is 20.4 Å². The Morgan fingerprint density at radius 1 is 0.919 bits per heavy atom. The van der Waals surface area contributed by atoms with Crippen molar-refractivity contribution >= 4 is 28.7 Å². The van der Waals surface area contributed by atoms with E-state index in [1.54, 1.807) is 59.4 Å². The number of methoxy groups -OCH3 is 1. The Morgan fingerprint density at radius 3 is 2.32 bits per heavy atom. The Balaban J connectivity index is 1.33. The number of amides is 4. The van der Waals surface area contributed by atoms with E-state index in [0.717, 1.165) is 10.9 Å². The first-order valence-corrected chi connectivity index (χ1v) is 11.2. The third kappa shape index (κ3) is 4.71. The van der Waals surface area contributed by atoms with Crippen molar-refractivity contribution in [3.63, 3.8) is 0 Å². The minimum atomic E-state index is -1.96. The van der Waals surface area contributed by atoms with Crippen molar-refractivity contribution in [3.8, 4) is 22.9 Å². The minimum absolute atomic E-state index is 0.0501. The molecule has 37 heavy (non-hydrogen) atoms. The Kier molecular flexibility index (Phi) is 6.28. The maximum atomic E-state index is 13.6. The molecule has 11 heteroatoms. The summed E-state index contributed by atoms with van der Waals surface area (Å²) in [6, 6.07) is 16.9. The third-order valence-corrected chi connectivity index (χ3v) is 5.79. The average Bonchev–Trinajstić information content (AvgIpc) is 3.30. The molecule has 0 atom stereocenters. The summed E-state index contributed by atoms with van der Waals surface area (Å²) >= 11 is 0. The summed E-state index contributed by atoms with van der Waals surface area (Å²) in [5.41, 5.74) is -0.572. The molecule has 3 aromatic carbocycles. The van der Waals surface area contributed by atoms with Gasteiger partial charge in [-0.15, -0.1) is 0 Å². The van der Waals surface area contributed by atoms with Crippen LogP contribution in [-0.4, -0.2) is 46.9 Å². The number of ether oxygens (including phenoxy) is 3. The lowest BCUT2D eigenvalue weighted by molar-refractivity contribution is -0.153. The lowest BCUT2D eigenvalue weighted by atomic mass is 9.95. The molecule has 0 saturated carbocycles. The number of carbonyl (C=O) groups is 3. The van der Waals surface area contributed by atoms with Gasteiger partial charge in [-0.05, 0) is 60.7 Å². The highest BCUT2D eigenvalue weighted by molar-refractivity contribution is 6.21. The number of rotatable bonds is 8. The molecule has 0 unspecified atom stereocenters. The number of carbonyl (C=O) groups excluding carboxylic acids is 3. The zero-order chi connectivity index (χ0) is 26.0. The minimum Gasteiger partial charge on any atom is -0.467 e. The molecule has 4 aromatic rings. The number of halogens is 1. The van der Waals surface area contributed by atoms with E-state index < -0.39 is 23.4 Å². The Hall–Kier alpha value is -4.77. The molecule has 1 aliphatic heterocycles. The summed E-state index contributed by atoms with van der Waals surface area (Å²) in [5.74, 6) is -0.855. The Morgan fingerprint density at radius 2 is 1.62 bits per heavy atom. The van der Waals surface area contributed by atoms with Crippen molar-refractivity contribution in [3.05, 3.63) is 78.7 Å². The predicted octanol–water partition coefficient (Wildman–Crippen LogP) is 3.48. The molecule has 0 spiro atoms. The number of barbiturate groups is 1. The van der Waals surface area contributed by atoms with Crippen LogP contribution in [0.4, 0.5) is 9.18 Å². The molecule has 4 amide bonds. The van der Waals surface area contributed by atoms with E-state index in [0.29, 0.717) is 17.2 Å². The van der Waals surface area contributed by atoms with Gasteiger partial charge in [-0.1, -0.05) is 6.07 Å². The van der Waals surface area contributed by atoms with E-state index in [1.165, 1.54) is 19.2 Å². The fraction of sp³-hybridized carbons (Fsp3) is 0.154. The number of fused-ring (bicyclic) bond motifs is 1. The second kappa shape index (κ2) is 9.70. The number of nitrogens with one attached hydrogen (secondary N) is 2. The van der Waals surface area contributed by atoms with Crippen molar-refractivity contribution in [2.24, 2.45) is 0 Å². The number of hydrogen-bond acceptors (Lipinski definition) is 7. The molecule has 1 fully saturated rings. The topological polar surface area (TPSA) is 121 Å². The van der Waals surface area contributed by atoms with Crippen LogP contribution in [0.3, 0.4) is 0 Å². The largest absolute Gasteiger partial charge is 0.467 e. The zero-order valence-electron chi connectivity index (χ0n) is 19.6. The van der Waals surface area contributed by atoms with Crippen LogP contribution in [0.1, 0.15) is 6.42 Å². The smallest absolute Gasteiger partial charge is 0.328 e. The second-order valence-electron chi connectivity index (χ2n) is 8.24. The molecule has 2 heterocycles. The maximum absolute atomic E-state index is 13.6. The first-order valence-electron chi connectivity index (χ1n) is 11.2. The molecule has 188 valence electrons. The molecule has 0 radical (unpaired) electrons. The molecule has 5 rings (SSSR count). The van der Waals surface area contributed by atoms with Gasteiger partial charge in [0.05, 0.1) is 24.0 Å². The van der Waals surface area contributed by atoms with E-state index >= 15 is 0 Å². The zero-order valence-corrected chi connectivity index (χ0v) is 19.6. The number of benzene rings is 3. The molecular weight excluding hydrogens is 483 g/mol. The average molecular weight is 504 g/mol. The highest BCUT2D eigenvalue weighted by Gasteiger charge is 2.52.